The van der Waals surface area contributed by atoms with Gasteiger partial charge >= 0.3 is 0 Å². The highest BCUT2D eigenvalue weighted by atomic mass is 32.1. The number of rotatable bonds is 4. The molecule has 1 aliphatic rings. The Kier molecular flexibility index (Phi) is 3.91. The van der Waals surface area contributed by atoms with E-state index < -0.39 is 0 Å². The molecule has 21 heavy (non-hydrogen) atoms. The van der Waals surface area contributed by atoms with Crippen molar-refractivity contribution in [1.29, 1.82) is 0 Å². The van der Waals surface area contributed by atoms with Crippen molar-refractivity contribution in [3.63, 3.8) is 0 Å². The smallest absolute Gasteiger partial charge is 0.212 e. The number of hydrogen-bond donors (Lipinski definition) is 2. The standard InChI is InChI=1S/C12H15N7OS/c13-12-18-17-11(21-12)8-2-1-5-19(6-8)10-4-3-9(14-7-20)15-16-10/h3-4,7-8H,1-2,5-6H2,(H2,13,18)(H,14,15,20). The molecule has 0 aliphatic carbocycles. The maximum absolute atomic E-state index is 10.4. The average molecular weight is 305 g/mol. The zero-order chi connectivity index (χ0) is 14.7. The Morgan fingerprint density at radius 3 is 2.90 bits per heavy atom. The third kappa shape index (κ3) is 3.07. The minimum absolute atomic E-state index is 0.322. The normalized spacial score (nSPS) is 18.5. The molecule has 1 atom stereocenters. The number of piperidine rings is 1. The molecule has 0 bridgehead atoms. The lowest BCUT2D eigenvalue weighted by Crippen LogP contribution is -2.35. The van der Waals surface area contributed by atoms with E-state index in [2.05, 4.69) is 30.6 Å². The first-order valence-corrected chi connectivity index (χ1v) is 7.45. The Bertz CT molecular complexity index is 614. The molecule has 1 aliphatic heterocycles. The summed E-state index contributed by atoms with van der Waals surface area (Å²) in [5.74, 6) is 1.57. The van der Waals surface area contributed by atoms with E-state index in [4.69, 9.17) is 5.73 Å². The van der Waals surface area contributed by atoms with E-state index in [1.165, 1.54) is 11.3 Å². The van der Waals surface area contributed by atoms with Crippen molar-refractivity contribution in [3.8, 4) is 0 Å². The molecule has 2 aromatic rings. The minimum atomic E-state index is 0.322. The highest BCUT2D eigenvalue weighted by molar-refractivity contribution is 7.15. The molecule has 3 rings (SSSR count). The van der Waals surface area contributed by atoms with Gasteiger partial charge in [-0.3, -0.25) is 4.79 Å². The van der Waals surface area contributed by atoms with Crippen molar-refractivity contribution in [1.82, 2.24) is 20.4 Å². The van der Waals surface area contributed by atoms with Crippen LogP contribution in [-0.2, 0) is 4.79 Å². The number of hydrogen-bond acceptors (Lipinski definition) is 8. The van der Waals surface area contributed by atoms with Gasteiger partial charge in [-0.1, -0.05) is 11.3 Å². The van der Waals surface area contributed by atoms with E-state index in [1.54, 1.807) is 6.07 Å². The Morgan fingerprint density at radius 1 is 1.33 bits per heavy atom. The highest BCUT2D eigenvalue weighted by Gasteiger charge is 2.25. The van der Waals surface area contributed by atoms with Crippen LogP contribution in [0.1, 0.15) is 23.8 Å². The Hall–Kier alpha value is -2.29. The van der Waals surface area contributed by atoms with Crippen molar-refractivity contribution in [3.05, 3.63) is 17.1 Å². The summed E-state index contributed by atoms with van der Waals surface area (Å²) in [6, 6.07) is 3.60. The van der Waals surface area contributed by atoms with Crippen LogP contribution in [0.5, 0.6) is 0 Å². The summed E-state index contributed by atoms with van der Waals surface area (Å²) < 4.78 is 0. The number of carbonyl (C=O) groups excluding carboxylic acids is 1. The summed E-state index contributed by atoms with van der Waals surface area (Å²) >= 11 is 1.44. The number of carbonyl (C=O) groups is 1. The molecule has 1 saturated heterocycles. The lowest BCUT2D eigenvalue weighted by atomic mass is 9.99. The first-order valence-electron chi connectivity index (χ1n) is 6.64. The van der Waals surface area contributed by atoms with E-state index >= 15 is 0 Å². The van der Waals surface area contributed by atoms with Gasteiger partial charge in [0, 0.05) is 19.0 Å². The van der Waals surface area contributed by atoms with Crippen molar-refractivity contribution >= 4 is 34.5 Å². The van der Waals surface area contributed by atoms with Gasteiger partial charge in [-0.15, -0.1) is 20.4 Å². The molecule has 9 heteroatoms. The molecule has 8 nitrogen and oxygen atoms in total. The first-order chi connectivity index (χ1) is 10.3. The quantitative estimate of drug-likeness (QED) is 0.806. The summed E-state index contributed by atoms with van der Waals surface area (Å²) in [5.41, 5.74) is 5.65. The SMILES string of the molecule is Nc1nnc(C2CCCN(c3ccc(NC=O)nn3)C2)s1. The molecular formula is C12H15N7OS. The molecule has 0 radical (unpaired) electrons. The van der Waals surface area contributed by atoms with E-state index in [9.17, 15) is 4.79 Å². The first kappa shape index (κ1) is 13.7. The number of amides is 1. The number of aromatic nitrogens is 4. The minimum Gasteiger partial charge on any atom is -0.374 e. The number of nitrogens with one attached hydrogen (secondary N) is 1. The van der Waals surface area contributed by atoms with Crippen molar-refractivity contribution < 1.29 is 4.79 Å². The third-order valence-electron chi connectivity index (χ3n) is 3.41. The number of nitrogens with two attached hydrogens (primary N) is 1. The van der Waals surface area contributed by atoms with Crippen LogP contribution in [-0.4, -0.2) is 39.9 Å². The van der Waals surface area contributed by atoms with Crippen LogP contribution in [0.4, 0.5) is 16.8 Å². The van der Waals surface area contributed by atoms with Crippen LogP contribution in [0.25, 0.3) is 0 Å². The van der Waals surface area contributed by atoms with Gasteiger partial charge in [0.1, 0.15) is 5.01 Å². The van der Waals surface area contributed by atoms with Gasteiger partial charge in [-0.25, -0.2) is 0 Å². The zero-order valence-electron chi connectivity index (χ0n) is 11.3. The predicted octanol–water partition coefficient (Wildman–Crippen LogP) is 0.863. The maximum Gasteiger partial charge on any atom is 0.212 e. The molecule has 2 aromatic heterocycles. The van der Waals surface area contributed by atoms with Crippen molar-refractivity contribution in [2.75, 3.05) is 29.0 Å². The van der Waals surface area contributed by atoms with E-state index in [0.717, 1.165) is 36.8 Å². The van der Waals surface area contributed by atoms with E-state index in [-0.39, 0.29) is 0 Å². The maximum atomic E-state index is 10.4. The average Bonchev–Trinajstić information content (AvgIpc) is 2.95. The fourth-order valence-corrected chi connectivity index (χ4v) is 3.17. The molecule has 0 aromatic carbocycles. The molecule has 3 heterocycles. The van der Waals surface area contributed by atoms with Gasteiger partial charge in [-0.2, -0.15) is 0 Å². The molecule has 0 spiro atoms. The van der Waals surface area contributed by atoms with Gasteiger partial charge in [0.25, 0.3) is 0 Å². The summed E-state index contributed by atoms with van der Waals surface area (Å²) in [5, 5.41) is 20.1. The zero-order valence-corrected chi connectivity index (χ0v) is 12.1. The lowest BCUT2D eigenvalue weighted by molar-refractivity contribution is -0.105. The van der Waals surface area contributed by atoms with Gasteiger partial charge < -0.3 is 16.0 Å². The summed E-state index contributed by atoms with van der Waals surface area (Å²) in [7, 11) is 0. The second kappa shape index (κ2) is 6.00. The van der Waals surface area contributed by atoms with Crippen LogP contribution in [0.2, 0.25) is 0 Å². The molecule has 110 valence electrons. The summed E-state index contributed by atoms with van der Waals surface area (Å²) in [6.07, 6.45) is 2.71. The largest absolute Gasteiger partial charge is 0.374 e. The number of nitrogens with zero attached hydrogens (tertiary/aromatic N) is 5. The van der Waals surface area contributed by atoms with Gasteiger partial charge in [-0.05, 0) is 25.0 Å². The van der Waals surface area contributed by atoms with Gasteiger partial charge in [0.2, 0.25) is 11.5 Å². The second-order valence-electron chi connectivity index (χ2n) is 4.80. The van der Waals surface area contributed by atoms with Crippen molar-refractivity contribution in [2.24, 2.45) is 0 Å². The molecular weight excluding hydrogens is 290 g/mol. The summed E-state index contributed by atoms with van der Waals surface area (Å²) in [4.78, 5) is 12.5. The van der Waals surface area contributed by atoms with Crippen LogP contribution in [0.3, 0.4) is 0 Å². The fraction of sp³-hybridized carbons (Fsp3) is 0.417. The Morgan fingerprint density at radius 2 is 2.24 bits per heavy atom. The topological polar surface area (TPSA) is 110 Å². The van der Waals surface area contributed by atoms with Gasteiger partial charge in [0.15, 0.2) is 11.6 Å². The number of nitrogen functional groups attached to an aromatic ring is 1. The Labute approximate surface area is 125 Å². The van der Waals surface area contributed by atoms with E-state index in [0.29, 0.717) is 23.3 Å². The molecule has 1 fully saturated rings. The molecule has 1 unspecified atom stereocenters. The van der Waals surface area contributed by atoms with Crippen LogP contribution >= 0.6 is 11.3 Å². The van der Waals surface area contributed by atoms with Crippen LogP contribution < -0.4 is 16.0 Å². The summed E-state index contributed by atoms with van der Waals surface area (Å²) in [6.45, 7) is 1.75. The highest BCUT2D eigenvalue weighted by Crippen LogP contribution is 2.31. The molecule has 1 amide bonds. The van der Waals surface area contributed by atoms with Crippen molar-refractivity contribution in [2.45, 2.75) is 18.8 Å². The Balaban J connectivity index is 1.72. The third-order valence-corrected chi connectivity index (χ3v) is 4.32. The van der Waals surface area contributed by atoms with Crippen LogP contribution in [0, 0.1) is 0 Å². The molecule has 0 saturated carbocycles. The monoisotopic (exact) mass is 305 g/mol. The second-order valence-corrected chi connectivity index (χ2v) is 5.84. The van der Waals surface area contributed by atoms with E-state index in [1.807, 2.05) is 6.07 Å². The van der Waals surface area contributed by atoms with Crippen LogP contribution in [0.15, 0.2) is 12.1 Å². The number of anilines is 3. The molecule has 3 N–H and O–H groups in total. The van der Waals surface area contributed by atoms with Gasteiger partial charge in [0.05, 0.1) is 0 Å². The fourth-order valence-electron chi connectivity index (χ4n) is 2.43. The predicted molar refractivity (Wildman–Crippen MR) is 80.2 cm³/mol. The lowest BCUT2D eigenvalue weighted by Gasteiger charge is -2.32.